The molecule has 2 aromatic rings. The summed E-state index contributed by atoms with van der Waals surface area (Å²) in [6.07, 6.45) is 1.38. The van der Waals surface area contributed by atoms with Gasteiger partial charge in [0, 0.05) is 31.2 Å². The van der Waals surface area contributed by atoms with Crippen LogP contribution in [0.5, 0.6) is 5.75 Å². The average Bonchev–Trinajstić information content (AvgIpc) is 2.90. The number of hydrogen-bond acceptors (Lipinski definition) is 4. The zero-order valence-corrected chi connectivity index (χ0v) is 17.5. The summed E-state index contributed by atoms with van der Waals surface area (Å²) in [5.74, 6) is 0.469. The van der Waals surface area contributed by atoms with E-state index in [0.717, 1.165) is 37.5 Å². The Bertz CT molecular complexity index is 950. The topological polar surface area (TPSA) is 49.9 Å². The van der Waals surface area contributed by atoms with E-state index >= 15 is 0 Å². The first kappa shape index (κ1) is 19.7. The average molecular weight is 421 g/mol. The summed E-state index contributed by atoms with van der Waals surface area (Å²) < 4.78 is 34.4. The molecule has 0 aromatic heterocycles. The molecule has 1 fully saturated rings. The number of nitrogens with zero attached hydrogens (tertiary/aromatic N) is 2. The van der Waals surface area contributed by atoms with Crippen molar-refractivity contribution in [3.8, 4) is 5.75 Å². The van der Waals surface area contributed by atoms with Crippen LogP contribution in [0.4, 0.5) is 0 Å². The van der Waals surface area contributed by atoms with Gasteiger partial charge in [0.1, 0.15) is 16.7 Å². The Labute approximate surface area is 171 Å². The maximum absolute atomic E-state index is 13.3. The molecule has 2 aliphatic rings. The molecule has 2 aromatic carbocycles. The Morgan fingerprint density at radius 3 is 2.68 bits per heavy atom. The molecule has 2 aliphatic heterocycles. The lowest BCUT2D eigenvalue weighted by atomic mass is 10.1. The van der Waals surface area contributed by atoms with Gasteiger partial charge in [-0.05, 0) is 42.7 Å². The summed E-state index contributed by atoms with van der Waals surface area (Å²) in [5, 5.41) is 0.737. The van der Waals surface area contributed by atoms with Gasteiger partial charge in [-0.1, -0.05) is 42.8 Å². The van der Waals surface area contributed by atoms with Gasteiger partial charge >= 0.3 is 0 Å². The standard InChI is InChI=1S/C21H25ClN2O3S/c1-2-24-18-10-12-23(15-16-6-5-7-17(22)14-16)13-11-19(18)27-20-8-3-4-9-21(20)28(24,25)26/h3-9,14,18-19H,2,10-13,15H2,1H3/t18-,19-/m0/s1. The lowest BCUT2D eigenvalue weighted by Crippen LogP contribution is -2.46. The second-order valence-corrected chi connectivity index (χ2v) is 9.66. The first-order chi connectivity index (χ1) is 13.5. The van der Waals surface area contributed by atoms with Gasteiger partial charge in [0.05, 0.1) is 6.04 Å². The molecule has 0 spiro atoms. The third-order valence-corrected chi connectivity index (χ3v) is 7.87. The fourth-order valence-electron chi connectivity index (χ4n) is 4.27. The number of rotatable bonds is 3. The van der Waals surface area contributed by atoms with Crippen LogP contribution in [0.25, 0.3) is 0 Å². The zero-order valence-electron chi connectivity index (χ0n) is 15.9. The van der Waals surface area contributed by atoms with Gasteiger partial charge in [0.25, 0.3) is 0 Å². The molecule has 1 saturated heterocycles. The minimum absolute atomic E-state index is 0.150. The molecule has 0 unspecified atom stereocenters. The molecule has 0 bridgehead atoms. The number of sulfonamides is 1. The molecular weight excluding hydrogens is 396 g/mol. The van der Waals surface area contributed by atoms with Gasteiger partial charge in [-0.3, -0.25) is 4.90 Å². The van der Waals surface area contributed by atoms with Gasteiger partial charge in [-0.2, -0.15) is 4.31 Å². The molecule has 7 heteroatoms. The van der Waals surface area contributed by atoms with Gasteiger partial charge < -0.3 is 4.74 Å². The predicted octanol–water partition coefficient (Wildman–Crippen LogP) is 3.78. The van der Waals surface area contributed by atoms with Crippen LogP contribution in [-0.4, -0.2) is 49.4 Å². The molecular formula is C21H25ClN2O3S. The Morgan fingerprint density at radius 2 is 1.89 bits per heavy atom. The Balaban J connectivity index is 1.59. The van der Waals surface area contributed by atoms with E-state index in [9.17, 15) is 8.42 Å². The van der Waals surface area contributed by atoms with Crippen molar-refractivity contribution in [2.45, 2.75) is 43.4 Å². The maximum Gasteiger partial charge on any atom is 0.247 e. The summed E-state index contributed by atoms with van der Waals surface area (Å²) >= 11 is 6.12. The monoisotopic (exact) mass is 420 g/mol. The highest BCUT2D eigenvalue weighted by molar-refractivity contribution is 7.89. The summed E-state index contributed by atoms with van der Waals surface area (Å²) in [6.45, 7) is 4.81. The first-order valence-electron chi connectivity index (χ1n) is 9.73. The quantitative estimate of drug-likeness (QED) is 0.758. The minimum atomic E-state index is -3.57. The Morgan fingerprint density at radius 1 is 1.11 bits per heavy atom. The van der Waals surface area contributed by atoms with Gasteiger partial charge in [-0.25, -0.2) is 8.42 Å². The van der Waals surface area contributed by atoms with Crippen LogP contribution >= 0.6 is 11.6 Å². The molecule has 2 heterocycles. The fraction of sp³-hybridized carbons (Fsp3) is 0.429. The van der Waals surface area contributed by atoms with Crippen LogP contribution in [0.15, 0.2) is 53.4 Å². The maximum atomic E-state index is 13.3. The number of likely N-dealkylation sites (N-methyl/N-ethyl adjacent to an activating group) is 1. The molecule has 4 rings (SSSR count). The number of hydrogen-bond donors (Lipinski definition) is 0. The SMILES string of the molecule is CCN1[C@H]2CCN(Cc3cccc(Cl)c3)CC[C@@H]2Oc2ccccc2S1(=O)=O. The van der Waals surface area contributed by atoms with Crippen LogP contribution in [0.3, 0.4) is 0 Å². The van der Waals surface area contributed by atoms with Crippen molar-refractivity contribution in [2.75, 3.05) is 19.6 Å². The molecule has 28 heavy (non-hydrogen) atoms. The Kier molecular flexibility index (Phi) is 5.65. The van der Waals surface area contributed by atoms with Crippen molar-refractivity contribution in [1.82, 2.24) is 9.21 Å². The predicted molar refractivity (Wildman–Crippen MR) is 110 cm³/mol. The van der Waals surface area contributed by atoms with E-state index < -0.39 is 10.0 Å². The van der Waals surface area contributed by atoms with Gasteiger partial charge in [0.15, 0.2) is 0 Å². The molecule has 0 saturated carbocycles. The van der Waals surface area contributed by atoms with Crippen molar-refractivity contribution in [2.24, 2.45) is 0 Å². The molecule has 5 nitrogen and oxygen atoms in total. The minimum Gasteiger partial charge on any atom is -0.487 e. The van der Waals surface area contributed by atoms with Crippen LogP contribution in [0, 0.1) is 0 Å². The van der Waals surface area contributed by atoms with E-state index in [1.165, 1.54) is 5.56 Å². The normalized spacial score (nSPS) is 25.1. The van der Waals surface area contributed by atoms with Gasteiger partial charge in [0.2, 0.25) is 10.0 Å². The van der Waals surface area contributed by atoms with Crippen molar-refractivity contribution < 1.29 is 13.2 Å². The van der Waals surface area contributed by atoms with Crippen molar-refractivity contribution in [3.05, 3.63) is 59.1 Å². The second-order valence-electron chi connectivity index (χ2n) is 7.36. The molecule has 2 atom stereocenters. The number of fused-ring (bicyclic) bond motifs is 2. The number of para-hydroxylation sites is 1. The smallest absolute Gasteiger partial charge is 0.247 e. The van der Waals surface area contributed by atoms with Crippen LogP contribution in [-0.2, 0) is 16.6 Å². The summed E-state index contributed by atoms with van der Waals surface area (Å²) in [7, 11) is -3.57. The first-order valence-corrected chi connectivity index (χ1v) is 11.5. The van der Waals surface area contributed by atoms with Gasteiger partial charge in [-0.15, -0.1) is 0 Å². The highest BCUT2D eigenvalue weighted by atomic mass is 35.5. The number of halogens is 1. The molecule has 150 valence electrons. The largest absolute Gasteiger partial charge is 0.487 e. The number of benzene rings is 2. The third-order valence-electron chi connectivity index (χ3n) is 5.59. The molecule has 0 aliphatic carbocycles. The van der Waals surface area contributed by atoms with E-state index in [-0.39, 0.29) is 17.0 Å². The van der Waals surface area contributed by atoms with E-state index in [4.69, 9.17) is 16.3 Å². The number of likely N-dealkylation sites (tertiary alicyclic amines) is 1. The molecule has 0 amide bonds. The van der Waals surface area contributed by atoms with Crippen molar-refractivity contribution in [1.29, 1.82) is 0 Å². The highest BCUT2D eigenvalue weighted by Crippen LogP contribution is 2.36. The molecule has 0 radical (unpaired) electrons. The van der Waals surface area contributed by atoms with Crippen LogP contribution in [0.2, 0.25) is 5.02 Å². The van der Waals surface area contributed by atoms with E-state index in [1.807, 2.05) is 31.2 Å². The van der Waals surface area contributed by atoms with Crippen LogP contribution in [0.1, 0.15) is 25.3 Å². The third kappa shape index (κ3) is 3.79. The summed E-state index contributed by atoms with van der Waals surface area (Å²) in [6, 6.07) is 14.7. The van der Waals surface area contributed by atoms with Crippen molar-refractivity contribution >= 4 is 21.6 Å². The fourth-order valence-corrected chi connectivity index (χ4v) is 6.29. The second kappa shape index (κ2) is 8.03. The van der Waals surface area contributed by atoms with Crippen molar-refractivity contribution in [3.63, 3.8) is 0 Å². The Hall–Kier alpha value is -1.60. The summed E-state index contributed by atoms with van der Waals surface area (Å²) in [5.41, 5.74) is 1.17. The lowest BCUT2D eigenvalue weighted by molar-refractivity contribution is 0.115. The lowest BCUT2D eigenvalue weighted by Gasteiger charge is -2.30. The molecule has 0 N–H and O–H groups in total. The van der Waals surface area contributed by atoms with E-state index in [0.29, 0.717) is 12.3 Å². The zero-order chi connectivity index (χ0) is 19.7. The van der Waals surface area contributed by atoms with E-state index in [1.54, 1.807) is 22.5 Å². The van der Waals surface area contributed by atoms with E-state index in [2.05, 4.69) is 11.0 Å². The number of ether oxygens (including phenoxy) is 1. The highest BCUT2D eigenvalue weighted by Gasteiger charge is 2.42. The van der Waals surface area contributed by atoms with Crippen LogP contribution < -0.4 is 4.74 Å². The summed E-state index contributed by atoms with van der Waals surface area (Å²) in [4.78, 5) is 2.64.